The normalized spacial score (nSPS) is 12.4. The third-order valence-electron chi connectivity index (χ3n) is 5.53. The first-order valence-corrected chi connectivity index (χ1v) is 13.2. The highest BCUT2D eigenvalue weighted by molar-refractivity contribution is 7.80. The van der Waals surface area contributed by atoms with E-state index in [4.69, 9.17) is 18.0 Å². The number of hydrogen-bond donors (Lipinski definition) is 2. The molecule has 0 bridgehead atoms. The Hall–Kier alpha value is -4.05. The first-order chi connectivity index (χ1) is 19.1. The van der Waals surface area contributed by atoms with E-state index in [0.29, 0.717) is 23.7 Å². The fourth-order valence-corrected chi connectivity index (χ4v) is 3.93. The molecule has 0 amide bonds. The minimum Gasteiger partial charge on any atom is -0.406 e. The molecule has 0 unspecified atom stereocenters. The average molecular weight is 568 g/mol. The van der Waals surface area contributed by atoms with E-state index in [1.807, 2.05) is 30.3 Å². The van der Waals surface area contributed by atoms with Crippen LogP contribution in [0.25, 0.3) is 0 Å². The molecule has 3 rings (SSSR count). The molecule has 0 aromatic heterocycles. The molecule has 3 aromatic carbocycles. The highest BCUT2D eigenvalue weighted by Crippen LogP contribution is 2.24. The second-order valence-electron chi connectivity index (χ2n) is 9.36. The van der Waals surface area contributed by atoms with E-state index in [-0.39, 0.29) is 11.6 Å². The van der Waals surface area contributed by atoms with Gasteiger partial charge in [0.15, 0.2) is 0 Å². The number of ether oxygens (including phenoxy) is 1. The molecular formula is C30H32F3N5OS. The van der Waals surface area contributed by atoms with Gasteiger partial charge in [0.25, 0.3) is 0 Å². The number of para-hydroxylation sites is 1. The molecule has 0 spiro atoms. The number of benzene rings is 3. The zero-order chi connectivity index (χ0) is 29.0. The van der Waals surface area contributed by atoms with E-state index in [1.165, 1.54) is 36.2 Å². The lowest BCUT2D eigenvalue weighted by atomic mass is 10.0. The first kappa shape index (κ1) is 30.5. The molecule has 40 heavy (non-hydrogen) atoms. The summed E-state index contributed by atoms with van der Waals surface area (Å²) in [5.41, 5.74) is 10.4. The van der Waals surface area contributed by atoms with Crippen molar-refractivity contribution in [2.24, 2.45) is 26.6 Å². The number of nitrogens with zero attached hydrogens (tertiary/aromatic N) is 3. The predicted molar refractivity (Wildman–Crippen MR) is 161 cm³/mol. The number of aliphatic imine (C=N–C) groups is 3. The SMILES string of the molecule is CC(C)Cc1ccccc1NC(=S)CCCN=Cc1ccc(C(N)=NC=Nc2ccc(OC(F)(F)F)cc2)cc1. The molecule has 0 aliphatic rings. The van der Waals surface area contributed by atoms with Gasteiger partial charge in [0.1, 0.15) is 17.9 Å². The maximum Gasteiger partial charge on any atom is 0.573 e. The summed E-state index contributed by atoms with van der Waals surface area (Å²) in [6.07, 6.45) is 0.899. The van der Waals surface area contributed by atoms with Crippen molar-refractivity contribution >= 4 is 47.0 Å². The molecule has 10 heteroatoms. The van der Waals surface area contributed by atoms with Gasteiger partial charge >= 0.3 is 6.36 Å². The van der Waals surface area contributed by atoms with E-state index in [2.05, 4.69) is 57.1 Å². The van der Waals surface area contributed by atoms with Gasteiger partial charge in [-0.25, -0.2) is 9.98 Å². The summed E-state index contributed by atoms with van der Waals surface area (Å²) < 4.78 is 40.6. The van der Waals surface area contributed by atoms with Crippen LogP contribution in [0.1, 0.15) is 43.4 Å². The van der Waals surface area contributed by atoms with Crippen molar-refractivity contribution < 1.29 is 17.9 Å². The van der Waals surface area contributed by atoms with Gasteiger partial charge in [0.05, 0.1) is 10.7 Å². The van der Waals surface area contributed by atoms with Crippen LogP contribution in [0.2, 0.25) is 0 Å². The van der Waals surface area contributed by atoms with Gasteiger partial charge in [0, 0.05) is 24.0 Å². The van der Waals surface area contributed by atoms with E-state index in [0.717, 1.165) is 35.5 Å². The van der Waals surface area contributed by atoms with Gasteiger partial charge in [-0.3, -0.25) is 4.99 Å². The number of anilines is 1. The Morgan fingerprint density at radius 3 is 2.40 bits per heavy atom. The van der Waals surface area contributed by atoms with Crippen LogP contribution in [-0.4, -0.2) is 36.3 Å². The van der Waals surface area contributed by atoms with Crippen molar-refractivity contribution in [1.29, 1.82) is 0 Å². The van der Waals surface area contributed by atoms with Crippen LogP contribution in [0.4, 0.5) is 24.5 Å². The molecule has 3 aromatic rings. The van der Waals surface area contributed by atoms with Crippen LogP contribution in [0.15, 0.2) is 87.8 Å². The molecule has 3 N–H and O–H groups in total. The number of nitrogens with one attached hydrogen (secondary N) is 1. The van der Waals surface area contributed by atoms with Gasteiger partial charge in [-0.05, 0) is 66.6 Å². The van der Waals surface area contributed by atoms with Crippen molar-refractivity contribution in [2.75, 3.05) is 11.9 Å². The average Bonchev–Trinajstić information content (AvgIpc) is 2.90. The van der Waals surface area contributed by atoms with Gasteiger partial charge in [-0.2, -0.15) is 0 Å². The monoisotopic (exact) mass is 567 g/mol. The fourth-order valence-electron chi connectivity index (χ4n) is 3.68. The number of alkyl halides is 3. The van der Waals surface area contributed by atoms with Gasteiger partial charge in [0.2, 0.25) is 0 Å². The van der Waals surface area contributed by atoms with E-state index < -0.39 is 6.36 Å². The van der Waals surface area contributed by atoms with Crippen molar-refractivity contribution in [3.05, 3.63) is 89.5 Å². The molecule has 0 aliphatic carbocycles. The molecular weight excluding hydrogens is 535 g/mol. The third-order valence-corrected chi connectivity index (χ3v) is 5.84. The standard InChI is InChI=1S/C30H32F3N5OS/c1-21(2)18-24-6-3-4-7-27(24)38-28(40)8-5-17-35-19-22-9-11-23(12-10-22)29(34)37-20-36-25-13-15-26(16-14-25)39-30(31,32)33/h3-4,6-7,9-16,19-21H,5,8,17-18H2,1-2H3,(H,38,40)(H2,34,36,37). The summed E-state index contributed by atoms with van der Waals surface area (Å²) in [7, 11) is 0. The molecule has 0 heterocycles. The Balaban J connectivity index is 1.43. The molecule has 0 aliphatic heterocycles. The van der Waals surface area contributed by atoms with Crippen molar-refractivity contribution in [2.45, 2.75) is 39.5 Å². The number of rotatable bonds is 12. The molecule has 0 saturated heterocycles. The van der Waals surface area contributed by atoms with Crippen LogP contribution in [0, 0.1) is 5.92 Å². The van der Waals surface area contributed by atoms with Crippen molar-refractivity contribution in [3.63, 3.8) is 0 Å². The maximum absolute atomic E-state index is 12.2. The summed E-state index contributed by atoms with van der Waals surface area (Å²) in [5.74, 6) is 0.499. The number of nitrogens with two attached hydrogens (primary N) is 1. The Morgan fingerprint density at radius 2 is 1.73 bits per heavy atom. The Kier molecular flexibility index (Phi) is 11.4. The van der Waals surface area contributed by atoms with Crippen LogP contribution in [0.3, 0.4) is 0 Å². The van der Waals surface area contributed by atoms with Crippen LogP contribution in [-0.2, 0) is 6.42 Å². The predicted octanol–water partition coefficient (Wildman–Crippen LogP) is 7.49. The summed E-state index contributed by atoms with van der Waals surface area (Å²) >= 11 is 5.53. The van der Waals surface area contributed by atoms with Crippen molar-refractivity contribution in [3.8, 4) is 5.75 Å². The third kappa shape index (κ3) is 11.0. The lowest BCUT2D eigenvalue weighted by Crippen LogP contribution is -2.16. The Labute approximate surface area is 237 Å². The summed E-state index contributed by atoms with van der Waals surface area (Å²) in [6, 6.07) is 20.8. The molecule has 210 valence electrons. The Bertz CT molecular complexity index is 1330. The minimum atomic E-state index is -4.74. The first-order valence-electron chi connectivity index (χ1n) is 12.8. The summed E-state index contributed by atoms with van der Waals surface area (Å²) in [5, 5.41) is 3.38. The van der Waals surface area contributed by atoms with Crippen LogP contribution < -0.4 is 15.8 Å². The highest BCUT2D eigenvalue weighted by Gasteiger charge is 2.30. The van der Waals surface area contributed by atoms with Gasteiger partial charge < -0.3 is 15.8 Å². The number of halogens is 3. The number of hydrogen-bond acceptors (Lipinski definition) is 4. The maximum atomic E-state index is 12.2. The van der Waals surface area contributed by atoms with E-state index >= 15 is 0 Å². The molecule has 0 fully saturated rings. The molecule has 0 radical (unpaired) electrons. The van der Waals surface area contributed by atoms with Crippen molar-refractivity contribution in [1.82, 2.24) is 0 Å². The summed E-state index contributed by atoms with van der Waals surface area (Å²) in [4.78, 5) is 13.5. The molecule has 0 atom stereocenters. The molecule has 0 saturated carbocycles. The smallest absolute Gasteiger partial charge is 0.406 e. The largest absolute Gasteiger partial charge is 0.573 e. The lowest BCUT2D eigenvalue weighted by molar-refractivity contribution is -0.274. The topological polar surface area (TPSA) is 84.4 Å². The van der Waals surface area contributed by atoms with Crippen LogP contribution in [0.5, 0.6) is 5.75 Å². The quantitative estimate of drug-likeness (QED) is 0.103. The summed E-state index contributed by atoms with van der Waals surface area (Å²) in [6.45, 7) is 5.06. The highest BCUT2D eigenvalue weighted by atomic mass is 32.1. The number of thiocarbonyl (C=S) groups is 1. The second kappa shape index (κ2) is 14.9. The lowest BCUT2D eigenvalue weighted by Gasteiger charge is -2.14. The minimum absolute atomic E-state index is 0.250. The Morgan fingerprint density at radius 1 is 1.02 bits per heavy atom. The second-order valence-corrected chi connectivity index (χ2v) is 9.86. The van der Waals surface area contributed by atoms with Gasteiger partial charge in [-0.1, -0.05) is 68.5 Å². The van der Waals surface area contributed by atoms with E-state index in [1.54, 1.807) is 6.21 Å². The molecule has 6 nitrogen and oxygen atoms in total. The fraction of sp³-hybridized carbons (Fsp3) is 0.267. The zero-order valence-electron chi connectivity index (χ0n) is 22.4. The van der Waals surface area contributed by atoms with Gasteiger partial charge in [-0.15, -0.1) is 13.2 Å². The van der Waals surface area contributed by atoms with Crippen LogP contribution >= 0.6 is 12.2 Å². The van der Waals surface area contributed by atoms with E-state index in [9.17, 15) is 13.2 Å². The zero-order valence-corrected chi connectivity index (χ0v) is 23.2. The number of amidine groups is 1.